The van der Waals surface area contributed by atoms with Crippen LogP contribution in [0.2, 0.25) is 0 Å². The highest BCUT2D eigenvalue weighted by molar-refractivity contribution is 4.98. The molecule has 1 saturated carbocycles. The topological polar surface area (TPSA) is 50.9 Å². The van der Waals surface area contributed by atoms with E-state index in [-0.39, 0.29) is 0 Å². The molecule has 0 aromatic carbocycles. The number of hydrogen-bond donors (Lipinski definition) is 1. The number of hydrogen-bond acceptors (Lipinski definition) is 3. The van der Waals surface area contributed by atoms with E-state index in [1.165, 1.54) is 6.42 Å². The number of rotatable bonds is 5. The van der Waals surface area contributed by atoms with Crippen molar-refractivity contribution < 1.29 is 5.11 Å². The Labute approximate surface area is 103 Å². The molecule has 0 aliphatic heterocycles. The van der Waals surface area contributed by atoms with E-state index in [1.54, 1.807) is 6.33 Å². The van der Waals surface area contributed by atoms with Crippen molar-refractivity contribution in [3.05, 3.63) is 12.2 Å². The summed E-state index contributed by atoms with van der Waals surface area (Å²) >= 11 is 0. The van der Waals surface area contributed by atoms with Crippen molar-refractivity contribution in [1.82, 2.24) is 14.8 Å². The summed E-state index contributed by atoms with van der Waals surface area (Å²) in [6.07, 6.45) is 7.45. The first-order valence-corrected chi connectivity index (χ1v) is 6.76. The van der Waals surface area contributed by atoms with Gasteiger partial charge in [0.2, 0.25) is 0 Å². The van der Waals surface area contributed by atoms with Crippen LogP contribution in [0.3, 0.4) is 0 Å². The molecule has 0 amide bonds. The van der Waals surface area contributed by atoms with Gasteiger partial charge in [0.1, 0.15) is 12.2 Å². The smallest absolute Gasteiger partial charge is 0.138 e. The van der Waals surface area contributed by atoms with E-state index in [9.17, 15) is 5.11 Å². The standard InChI is InChI=1S/C13H23N3O/c1-3-7-16-12(14-10-15-16)9-13(17)6-5-11(4-2)8-13/h10-11,17H,3-9H2,1-2H3. The Morgan fingerprint density at radius 1 is 1.53 bits per heavy atom. The van der Waals surface area contributed by atoms with Gasteiger partial charge in [0.05, 0.1) is 5.60 Å². The van der Waals surface area contributed by atoms with Crippen LogP contribution in [0.25, 0.3) is 0 Å². The van der Waals surface area contributed by atoms with Crippen LogP contribution >= 0.6 is 0 Å². The molecule has 0 saturated heterocycles. The summed E-state index contributed by atoms with van der Waals surface area (Å²) < 4.78 is 1.93. The molecule has 1 N–H and O–H groups in total. The highest BCUT2D eigenvalue weighted by Gasteiger charge is 2.37. The summed E-state index contributed by atoms with van der Waals surface area (Å²) in [7, 11) is 0. The minimum absolute atomic E-state index is 0.542. The van der Waals surface area contributed by atoms with Gasteiger partial charge in [-0.15, -0.1) is 0 Å². The van der Waals surface area contributed by atoms with Crippen molar-refractivity contribution in [3.63, 3.8) is 0 Å². The Morgan fingerprint density at radius 3 is 3.00 bits per heavy atom. The summed E-state index contributed by atoms with van der Waals surface area (Å²) in [6.45, 7) is 5.22. The predicted molar refractivity (Wildman–Crippen MR) is 66.6 cm³/mol. The van der Waals surface area contributed by atoms with Gasteiger partial charge in [0, 0.05) is 13.0 Å². The fraction of sp³-hybridized carbons (Fsp3) is 0.846. The Balaban J connectivity index is 2.02. The van der Waals surface area contributed by atoms with Gasteiger partial charge in [0.25, 0.3) is 0 Å². The zero-order chi connectivity index (χ0) is 12.3. The molecule has 2 unspecified atom stereocenters. The molecule has 0 radical (unpaired) electrons. The maximum atomic E-state index is 10.6. The third kappa shape index (κ3) is 2.86. The lowest BCUT2D eigenvalue weighted by Crippen LogP contribution is -2.29. The van der Waals surface area contributed by atoms with Gasteiger partial charge >= 0.3 is 0 Å². The lowest BCUT2D eigenvalue weighted by molar-refractivity contribution is 0.0405. The lowest BCUT2D eigenvalue weighted by atomic mass is 9.95. The van der Waals surface area contributed by atoms with E-state index in [0.29, 0.717) is 12.3 Å². The van der Waals surface area contributed by atoms with Crippen LogP contribution in [-0.4, -0.2) is 25.5 Å². The second-order valence-electron chi connectivity index (χ2n) is 5.32. The second-order valence-corrected chi connectivity index (χ2v) is 5.32. The molecule has 96 valence electrons. The first kappa shape index (κ1) is 12.6. The highest BCUT2D eigenvalue weighted by Crippen LogP contribution is 2.38. The van der Waals surface area contributed by atoms with E-state index < -0.39 is 5.60 Å². The molecular weight excluding hydrogens is 214 g/mol. The number of aryl methyl sites for hydroxylation is 1. The van der Waals surface area contributed by atoms with E-state index in [2.05, 4.69) is 23.9 Å². The summed E-state index contributed by atoms with van der Waals surface area (Å²) in [5, 5.41) is 14.8. The average Bonchev–Trinajstić information content (AvgIpc) is 2.88. The third-order valence-corrected chi connectivity index (χ3v) is 3.88. The van der Waals surface area contributed by atoms with Crippen molar-refractivity contribution in [1.29, 1.82) is 0 Å². The number of aliphatic hydroxyl groups is 1. The van der Waals surface area contributed by atoms with Crippen LogP contribution in [0.4, 0.5) is 0 Å². The fourth-order valence-electron chi connectivity index (χ4n) is 2.84. The molecule has 2 atom stereocenters. The first-order valence-electron chi connectivity index (χ1n) is 6.76. The fourth-order valence-corrected chi connectivity index (χ4v) is 2.84. The van der Waals surface area contributed by atoms with Gasteiger partial charge < -0.3 is 5.11 Å². The van der Waals surface area contributed by atoms with E-state index >= 15 is 0 Å². The minimum Gasteiger partial charge on any atom is -0.389 e. The van der Waals surface area contributed by atoms with Crippen LogP contribution < -0.4 is 0 Å². The Morgan fingerprint density at radius 2 is 2.35 bits per heavy atom. The van der Waals surface area contributed by atoms with Crippen LogP contribution in [0.1, 0.15) is 51.8 Å². The quantitative estimate of drug-likeness (QED) is 0.854. The molecule has 2 rings (SSSR count). The second kappa shape index (κ2) is 5.17. The first-order chi connectivity index (χ1) is 8.17. The molecular formula is C13H23N3O. The molecule has 0 bridgehead atoms. The number of aromatic nitrogens is 3. The van der Waals surface area contributed by atoms with Crippen molar-refractivity contribution in [3.8, 4) is 0 Å². The molecule has 4 nitrogen and oxygen atoms in total. The molecule has 1 aliphatic carbocycles. The van der Waals surface area contributed by atoms with E-state index in [4.69, 9.17) is 0 Å². The Hall–Kier alpha value is -0.900. The van der Waals surface area contributed by atoms with Crippen LogP contribution in [0.15, 0.2) is 6.33 Å². The SMILES string of the molecule is CCCn1ncnc1CC1(O)CCC(CC)C1. The molecule has 4 heteroatoms. The molecule has 17 heavy (non-hydrogen) atoms. The monoisotopic (exact) mass is 237 g/mol. The molecule has 1 heterocycles. The normalized spacial score (nSPS) is 28.8. The minimum atomic E-state index is -0.542. The summed E-state index contributed by atoms with van der Waals surface area (Å²) in [5.41, 5.74) is -0.542. The van der Waals surface area contributed by atoms with Crippen molar-refractivity contribution in [2.24, 2.45) is 5.92 Å². The van der Waals surface area contributed by atoms with Gasteiger partial charge in [-0.25, -0.2) is 4.98 Å². The van der Waals surface area contributed by atoms with Gasteiger partial charge in [0.15, 0.2) is 0 Å². The molecule has 1 aromatic heterocycles. The summed E-state index contributed by atoms with van der Waals surface area (Å²) in [5.74, 6) is 1.62. The van der Waals surface area contributed by atoms with Crippen LogP contribution in [0, 0.1) is 5.92 Å². The van der Waals surface area contributed by atoms with Crippen LogP contribution in [0.5, 0.6) is 0 Å². The third-order valence-electron chi connectivity index (χ3n) is 3.88. The summed E-state index contributed by atoms with van der Waals surface area (Å²) in [4.78, 5) is 4.29. The van der Waals surface area contributed by atoms with Gasteiger partial charge in [-0.3, -0.25) is 4.68 Å². The zero-order valence-corrected chi connectivity index (χ0v) is 10.9. The van der Waals surface area contributed by atoms with Crippen molar-refractivity contribution in [2.75, 3.05) is 0 Å². The largest absolute Gasteiger partial charge is 0.389 e. The van der Waals surface area contributed by atoms with Crippen molar-refractivity contribution in [2.45, 2.75) is 64.5 Å². The van der Waals surface area contributed by atoms with Crippen molar-refractivity contribution >= 4 is 0 Å². The zero-order valence-electron chi connectivity index (χ0n) is 10.9. The average molecular weight is 237 g/mol. The van der Waals surface area contributed by atoms with Gasteiger partial charge in [-0.05, 0) is 31.6 Å². The predicted octanol–water partition coefficient (Wildman–Crippen LogP) is 2.17. The summed E-state index contributed by atoms with van der Waals surface area (Å²) in [6, 6.07) is 0. The Bertz CT molecular complexity index is 363. The number of nitrogens with zero attached hydrogens (tertiary/aromatic N) is 3. The lowest BCUT2D eigenvalue weighted by Gasteiger charge is -2.22. The molecule has 1 aliphatic rings. The van der Waals surface area contributed by atoms with Gasteiger partial charge in [-0.1, -0.05) is 20.3 Å². The molecule has 1 aromatic rings. The van der Waals surface area contributed by atoms with E-state index in [0.717, 1.165) is 38.1 Å². The maximum Gasteiger partial charge on any atom is 0.138 e. The maximum absolute atomic E-state index is 10.6. The molecule has 1 fully saturated rings. The highest BCUT2D eigenvalue weighted by atomic mass is 16.3. The van der Waals surface area contributed by atoms with E-state index in [1.807, 2.05) is 4.68 Å². The van der Waals surface area contributed by atoms with Gasteiger partial charge in [-0.2, -0.15) is 5.10 Å². The van der Waals surface area contributed by atoms with Crippen LogP contribution in [-0.2, 0) is 13.0 Å². The molecule has 0 spiro atoms. The Kier molecular flexibility index (Phi) is 3.82.